The topological polar surface area (TPSA) is 22.4 Å². The largest absolute Gasteiger partial charge is 0.485 e. The Morgan fingerprint density at radius 1 is 0.569 bits per heavy atom. The van der Waals surface area contributed by atoms with Gasteiger partial charge in [0.25, 0.3) is 0 Å². The molecule has 0 amide bonds. The molecule has 0 aliphatic carbocycles. The van der Waals surface area contributed by atoms with Crippen LogP contribution >= 0.6 is 0 Å². The zero-order chi connectivity index (χ0) is 34.4. The fourth-order valence-corrected chi connectivity index (χ4v) is 8.32. The lowest BCUT2D eigenvalue weighted by Crippen LogP contribution is -2.10. The molecule has 1 unspecified atom stereocenters. The minimum Gasteiger partial charge on any atom is -0.485 e. The van der Waals surface area contributed by atoms with Gasteiger partial charge in [-0.05, 0) is 108 Å². The van der Waals surface area contributed by atoms with Crippen molar-refractivity contribution in [2.24, 2.45) is 0 Å². The molecule has 2 heterocycles. The molecule has 51 heavy (non-hydrogen) atoms. The number of benzene rings is 8. The lowest BCUT2D eigenvalue weighted by atomic mass is 9.81. The Morgan fingerprint density at radius 3 is 2.02 bits per heavy atom. The molecule has 2 nitrogen and oxygen atoms in total. The van der Waals surface area contributed by atoms with E-state index in [2.05, 4.69) is 161 Å². The summed E-state index contributed by atoms with van der Waals surface area (Å²) < 4.78 is 13.4. The van der Waals surface area contributed by atoms with Gasteiger partial charge in [-0.25, -0.2) is 0 Å². The first-order valence-electron chi connectivity index (χ1n) is 18.0. The minimum atomic E-state index is -0.0806. The van der Waals surface area contributed by atoms with Gasteiger partial charge in [-0.2, -0.15) is 0 Å². The van der Waals surface area contributed by atoms with Crippen LogP contribution in [0, 0.1) is 6.92 Å². The normalized spacial score (nSPS) is 14.5. The molecule has 0 radical (unpaired) electrons. The lowest BCUT2D eigenvalue weighted by Gasteiger charge is -2.24. The summed E-state index contributed by atoms with van der Waals surface area (Å²) in [4.78, 5) is 0. The third-order valence-corrected chi connectivity index (χ3v) is 11.0. The van der Waals surface area contributed by atoms with E-state index in [9.17, 15) is 0 Å². The van der Waals surface area contributed by atoms with E-state index in [1.54, 1.807) is 0 Å². The maximum Gasteiger partial charge on any atom is 0.136 e. The van der Waals surface area contributed by atoms with Crippen LogP contribution < -0.4 is 4.74 Å². The highest BCUT2D eigenvalue weighted by atomic mass is 16.5. The first-order chi connectivity index (χ1) is 24.8. The minimum absolute atomic E-state index is 0.0310. The van der Waals surface area contributed by atoms with E-state index in [-0.39, 0.29) is 11.5 Å². The van der Waals surface area contributed by atoms with E-state index < -0.39 is 0 Å². The third-order valence-electron chi connectivity index (χ3n) is 11.0. The molecular formula is C49H38O2. The van der Waals surface area contributed by atoms with Crippen molar-refractivity contribution < 1.29 is 9.15 Å². The maximum absolute atomic E-state index is 6.77. The summed E-state index contributed by atoms with van der Waals surface area (Å²) in [7, 11) is 0. The SMILES string of the molecule is Cc1ccc(-c2cc(-c3cc4ccccc4o3)c3ccc4c(-c5cccc(C(C)(C)C)c5)cc(C5Cc6ccccc6O5)c5ccc2c3c45)cc1. The highest BCUT2D eigenvalue weighted by Gasteiger charge is 2.29. The number of fused-ring (bicyclic) bond motifs is 2. The Bertz CT molecular complexity index is 2730. The van der Waals surface area contributed by atoms with Crippen molar-refractivity contribution in [3.05, 3.63) is 162 Å². The Labute approximate surface area is 298 Å². The smallest absolute Gasteiger partial charge is 0.136 e. The van der Waals surface area contributed by atoms with Crippen molar-refractivity contribution in [1.29, 1.82) is 0 Å². The fraction of sp³-hybridized carbons (Fsp3) is 0.143. The Kier molecular flexibility index (Phi) is 6.51. The predicted molar refractivity (Wildman–Crippen MR) is 213 cm³/mol. The number of furan rings is 1. The van der Waals surface area contributed by atoms with Gasteiger partial charge in [0.15, 0.2) is 0 Å². The summed E-state index contributed by atoms with van der Waals surface area (Å²) in [5.74, 6) is 1.87. The molecule has 1 aliphatic heterocycles. The van der Waals surface area contributed by atoms with Crippen LogP contribution in [-0.4, -0.2) is 0 Å². The summed E-state index contributed by atoms with van der Waals surface area (Å²) in [6.45, 7) is 9.02. The molecule has 0 bridgehead atoms. The van der Waals surface area contributed by atoms with Crippen molar-refractivity contribution in [2.45, 2.75) is 45.6 Å². The summed E-state index contributed by atoms with van der Waals surface area (Å²) >= 11 is 0. The van der Waals surface area contributed by atoms with Crippen LogP contribution in [0.1, 0.15) is 49.1 Å². The second kappa shape index (κ2) is 11.1. The van der Waals surface area contributed by atoms with Crippen molar-refractivity contribution in [3.63, 3.8) is 0 Å². The average Bonchev–Trinajstić information content (AvgIpc) is 3.78. The highest BCUT2D eigenvalue weighted by Crippen LogP contribution is 2.50. The number of ether oxygens (including phenoxy) is 1. The van der Waals surface area contributed by atoms with Gasteiger partial charge in [0.05, 0.1) is 0 Å². The molecule has 1 atom stereocenters. The molecule has 9 aromatic rings. The lowest BCUT2D eigenvalue weighted by molar-refractivity contribution is 0.240. The third kappa shape index (κ3) is 4.77. The van der Waals surface area contributed by atoms with Gasteiger partial charge >= 0.3 is 0 Å². The van der Waals surface area contributed by atoms with Gasteiger partial charge < -0.3 is 9.15 Å². The van der Waals surface area contributed by atoms with E-state index >= 15 is 0 Å². The van der Waals surface area contributed by atoms with Crippen molar-refractivity contribution in [1.82, 2.24) is 0 Å². The van der Waals surface area contributed by atoms with E-state index in [1.165, 1.54) is 76.8 Å². The Morgan fingerprint density at radius 2 is 1.25 bits per heavy atom. The molecule has 0 saturated carbocycles. The quantitative estimate of drug-likeness (QED) is 0.176. The molecule has 0 fully saturated rings. The summed E-state index contributed by atoms with van der Waals surface area (Å²) in [5.41, 5.74) is 12.0. The van der Waals surface area contributed by atoms with E-state index in [0.717, 1.165) is 34.5 Å². The van der Waals surface area contributed by atoms with Gasteiger partial charge in [0.1, 0.15) is 23.2 Å². The molecule has 10 rings (SSSR count). The highest BCUT2D eigenvalue weighted by molar-refractivity contribution is 6.30. The van der Waals surface area contributed by atoms with Gasteiger partial charge in [0.2, 0.25) is 0 Å². The molecule has 0 N–H and O–H groups in total. The number of rotatable bonds is 4. The molecule has 0 saturated heterocycles. The molecule has 0 spiro atoms. The molecule has 1 aromatic heterocycles. The van der Waals surface area contributed by atoms with Crippen LogP contribution in [0.15, 0.2) is 144 Å². The number of aryl methyl sites for hydroxylation is 1. The zero-order valence-electron chi connectivity index (χ0n) is 29.4. The average molecular weight is 659 g/mol. The fourth-order valence-electron chi connectivity index (χ4n) is 8.32. The van der Waals surface area contributed by atoms with Crippen molar-refractivity contribution in [2.75, 3.05) is 0 Å². The van der Waals surface area contributed by atoms with Gasteiger partial charge in [-0.1, -0.05) is 136 Å². The zero-order valence-corrected chi connectivity index (χ0v) is 29.4. The Hall–Kier alpha value is -5.86. The summed E-state index contributed by atoms with van der Waals surface area (Å²) in [6, 6.07) is 51.1. The Balaban J connectivity index is 1.33. The van der Waals surface area contributed by atoms with Crippen LogP contribution in [-0.2, 0) is 11.8 Å². The van der Waals surface area contributed by atoms with E-state index in [0.29, 0.717) is 0 Å². The number of hydrogen-bond acceptors (Lipinski definition) is 2. The first kappa shape index (κ1) is 30.0. The molecule has 2 heteroatoms. The van der Waals surface area contributed by atoms with Crippen LogP contribution in [0.4, 0.5) is 0 Å². The van der Waals surface area contributed by atoms with E-state index in [4.69, 9.17) is 9.15 Å². The van der Waals surface area contributed by atoms with Crippen LogP contribution in [0.5, 0.6) is 5.75 Å². The summed E-state index contributed by atoms with van der Waals surface area (Å²) in [6.07, 6.45) is 0.767. The standard InChI is InChI=1S/C49H38O2/c1-29-16-18-30(19-17-29)39-27-41(45-25-32-10-5-7-14-43(32)50-45)37-23-21-36-40(31-12-9-13-34(24-31)49(2,3)4)28-42(38-22-20-35(39)47(37)48(36)38)46-26-33-11-6-8-15-44(33)51-46/h5-25,27-28,46H,26H2,1-4H3. The van der Waals surface area contributed by atoms with Gasteiger partial charge in [-0.3, -0.25) is 0 Å². The van der Waals surface area contributed by atoms with Crippen LogP contribution in [0.25, 0.3) is 76.9 Å². The molecule has 246 valence electrons. The first-order valence-corrected chi connectivity index (χ1v) is 18.0. The van der Waals surface area contributed by atoms with Crippen LogP contribution in [0.2, 0.25) is 0 Å². The molecule has 8 aromatic carbocycles. The van der Waals surface area contributed by atoms with E-state index in [1.807, 2.05) is 6.07 Å². The second-order valence-corrected chi connectivity index (χ2v) is 15.3. The monoisotopic (exact) mass is 658 g/mol. The maximum atomic E-state index is 6.77. The molecule has 1 aliphatic rings. The molecular weight excluding hydrogens is 621 g/mol. The van der Waals surface area contributed by atoms with Crippen molar-refractivity contribution in [3.8, 4) is 39.3 Å². The second-order valence-electron chi connectivity index (χ2n) is 15.3. The predicted octanol–water partition coefficient (Wildman–Crippen LogP) is 13.6. The van der Waals surface area contributed by atoms with Gasteiger partial charge in [-0.15, -0.1) is 0 Å². The van der Waals surface area contributed by atoms with Crippen LogP contribution in [0.3, 0.4) is 0 Å². The summed E-state index contributed by atoms with van der Waals surface area (Å²) in [5, 5.41) is 8.59. The number of para-hydroxylation sites is 2. The number of hydrogen-bond donors (Lipinski definition) is 0. The van der Waals surface area contributed by atoms with Crippen molar-refractivity contribution >= 4 is 43.3 Å². The van der Waals surface area contributed by atoms with Gasteiger partial charge in [0, 0.05) is 22.9 Å².